The van der Waals surface area contributed by atoms with Crippen LogP contribution in [0.25, 0.3) is 0 Å². The van der Waals surface area contributed by atoms with Gasteiger partial charge in [0.2, 0.25) is 11.8 Å². The van der Waals surface area contributed by atoms with Gasteiger partial charge >= 0.3 is 0 Å². The molecule has 4 rings (SSSR count). The van der Waals surface area contributed by atoms with Gasteiger partial charge in [0, 0.05) is 44.2 Å². The highest BCUT2D eigenvalue weighted by molar-refractivity contribution is 7.99. The fourth-order valence-electron chi connectivity index (χ4n) is 4.68. The monoisotopic (exact) mass is 501 g/mol. The Kier molecular flexibility index (Phi) is 8.67. The summed E-state index contributed by atoms with van der Waals surface area (Å²) >= 11 is 7.56. The van der Waals surface area contributed by atoms with Crippen LogP contribution in [0.5, 0.6) is 0 Å². The van der Waals surface area contributed by atoms with E-state index in [1.807, 2.05) is 35.2 Å². The fraction of sp³-hybridized carbons (Fsp3) is 0.520. The second-order valence-electron chi connectivity index (χ2n) is 9.01. The van der Waals surface area contributed by atoms with Crippen LogP contribution in [0.1, 0.15) is 38.2 Å². The summed E-state index contributed by atoms with van der Waals surface area (Å²) in [7, 11) is 0. The van der Waals surface area contributed by atoms with Crippen molar-refractivity contribution in [2.75, 3.05) is 36.8 Å². The van der Waals surface area contributed by atoms with Gasteiger partial charge in [-0.3, -0.25) is 9.59 Å². The van der Waals surface area contributed by atoms with Crippen molar-refractivity contribution in [2.24, 2.45) is 5.92 Å². The van der Waals surface area contributed by atoms with E-state index in [4.69, 9.17) is 11.6 Å². The standard InChI is InChI=1S/C25H32ClN5O2S/c1-18-16-30(13-14-31(18)24(33)20-9-5-6-10-20)22-15-21(26)28-25(29-22)34-17-23(32)27-12-11-19-7-3-2-4-8-19/h2-4,7-8,15,18,20H,5-6,9-14,16-17H2,1H3,(H,27,32). The van der Waals surface area contributed by atoms with Crippen molar-refractivity contribution in [3.05, 3.63) is 47.1 Å². The normalized spacial score (nSPS) is 18.8. The number of nitrogens with one attached hydrogen (secondary N) is 1. The molecule has 1 aliphatic heterocycles. The van der Waals surface area contributed by atoms with Gasteiger partial charge in [0.1, 0.15) is 11.0 Å². The van der Waals surface area contributed by atoms with Crippen LogP contribution in [0.3, 0.4) is 0 Å². The van der Waals surface area contributed by atoms with E-state index >= 15 is 0 Å². The number of hydrogen-bond acceptors (Lipinski definition) is 6. The van der Waals surface area contributed by atoms with E-state index in [0.29, 0.717) is 42.4 Å². The average molecular weight is 502 g/mol. The first kappa shape index (κ1) is 24.8. The highest BCUT2D eigenvalue weighted by Gasteiger charge is 2.33. The van der Waals surface area contributed by atoms with Crippen molar-refractivity contribution in [1.29, 1.82) is 0 Å². The summed E-state index contributed by atoms with van der Waals surface area (Å²) in [5, 5.41) is 3.78. The van der Waals surface area contributed by atoms with Crippen LogP contribution in [-0.4, -0.2) is 64.7 Å². The molecule has 1 saturated heterocycles. The van der Waals surface area contributed by atoms with Crippen molar-refractivity contribution in [2.45, 2.75) is 50.2 Å². The molecule has 1 aliphatic carbocycles. The van der Waals surface area contributed by atoms with E-state index in [9.17, 15) is 9.59 Å². The first-order valence-corrected chi connectivity index (χ1v) is 13.4. The molecule has 2 aromatic rings. The molecule has 34 heavy (non-hydrogen) atoms. The first-order valence-electron chi connectivity index (χ1n) is 12.0. The predicted octanol–water partition coefficient (Wildman–Crippen LogP) is 3.81. The van der Waals surface area contributed by atoms with Crippen molar-refractivity contribution in [3.63, 3.8) is 0 Å². The van der Waals surface area contributed by atoms with Crippen molar-refractivity contribution in [1.82, 2.24) is 20.2 Å². The molecule has 9 heteroatoms. The highest BCUT2D eigenvalue weighted by atomic mass is 35.5. The minimum absolute atomic E-state index is 0.0567. The van der Waals surface area contributed by atoms with E-state index in [2.05, 4.69) is 27.1 Å². The van der Waals surface area contributed by atoms with Crippen molar-refractivity contribution >= 4 is 41.0 Å². The molecule has 1 unspecified atom stereocenters. The lowest BCUT2D eigenvalue weighted by Crippen LogP contribution is -2.55. The highest BCUT2D eigenvalue weighted by Crippen LogP contribution is 2.29. The smallest absolute Gasteiger partial charge is 0.230 e. The summed E-state index contributed by atoms with van der Waals surface area (Å²) in [6.07, 6.45) is 5.16. The van der Waals surface area contributed by atoms with Gasteiger partial charge in [0.15, 0.2) is 5.16 Å². The number of amides is 2. The Labute approximate surface area is 210 Å². The maximum atomic E-state index is 12.9. The third-order valence-electron chi connectivity index (χ3n) is 6.51. The molecule has 2 heterocycles. The number of anilines is 1. The van der Waals surface area contributed by atoms with Gasteiger partial charge in [-0.2, -0.15) is 0 Å². The van der Waals surface area contributed by atoms with Crippen molar-refractivity contribution < 1.29 is 9.59 Å². The summed E-state index contributed by atoms with van der Waals surface area (Å²) in [4.78, 5) is 38.3. The largest absolute Gasteiger partial charge is 0.355 e. The molecule has 1 atom stereocenters. The van der Waals surface area contributed by atoms with Crippen LogP contribution in [0.4, 0.5) is 5.82 Å². The lowest BCUT2D eigenvalue weighted by Gasteiger charge is -2.41. The Morgan fingerprint density at radius 3 is 2.65 bits per heavy atom. The molecule has 2 fully saturated rings. The first-order chi connectivity index (χ1) is 16.5. The Bertz CT molecular complexity index is 987. The van der Waals surface area contributed by atoms with Crippen LogP contribution in [0, 0.1) is 5.92 Å². The lowest BCUT2D eigenvalue weighted by molar-refractivity contribution is -0.137. The summed E-state index contributed by atoms with van der Waals surface area (Å²) in [6, 6.07) is 11.9. The van der Waals surface area contributed by atoms with Crippen LogP contribution in [0.15, 0.2) is 41.6 Å². The van der Waals surface area contributed by atoms with Gasteiger partial charge in [-0.15, -0.1) is 0 Å². The molecule has 7 nitrogen and oxygen atoms in total. The number of aromatic nitrogens is 2. The summed E-state index contributed by atoms with van der Waals surface area (Å²) in [5.74, 6) is 1.42. The SMILES string of the molecule is CC1CN(c2cc(Cl)nc(SCC(=O)NCCc3ccccc3)n2)CCN1C(=O)C1CCCC1. The minimum Gasteiger partial charge on any atom is -0.355 e. The summed E-state index contributed by atoms with van der Waals surface area (Å²) < 4.78 is 0. The van der Waals surface area contributed by atoms with E-state index in [-0.39, 0.29) is 23.6 Å². The molecule has 1 aromatic carbocycles. The number of halogens is 1. The number of benzene rings is 1. The average Bonchev–Trinajstić information content (AvgIpc) is 3.38. The molecule has 182 valence electrons. The Hall–Kier alpha value is -2.32. The zero-order valence-electron chi connectivity index (χ0n) is 19.6. The molecule has 0 bridgehead atoms. The van der Waals surface area contributed by atoms with Crippen molar-refractivity contribution in [3.8, 4) is 0 Å². The van der Waals surface area contributed by atoms with Gasteiger partial charge in [-0.05, 0) is 31.7 Å². The third-order valence-corrected chi connectivity index (χ3v) is 7.55. The molecular formula is C25H32ClN5O2S. The number of hydrogen-bond donors (Lipinski definition) is 1. The molecule has 2 amide bonds. The topological polar surface area (TPSA) is 78.4 Å². The maximum absolute atomic E-state index is 12.9. The summed E-state index contributed by atoms with van der Waals surface area (Å²) in [6.45, 7) is 4.78. The van der Waals surface area contributed by atoms with Gasteiger partial charge in [0.05, 0.1) is 5.75 Å². The Morgan fingerprint density at radius 1 is 1.15 bits per heavy atom. The predicted molar refractivity (Wildman–Crippen MR) is 136 cm³/mol. The zero-order chi connectivity index (χ0) is 23.9. The molecule has 1 N–H and O–H groups in total. The molecule has 1 saturated carbocycles. The number of thioether (sulfide) groups is 1. The number of carbonyl (C=O) groups is 2. The number of nitrogens with zero attached hydrogens (tertiary/aromatic N) is 4. The van der Waals surface area contributed by atoms with Gasteiger partial charge in [-0.25, -0.2) is 9.97 Å². The van der Waals surface area contributed by atoms with E-state index in [0.717, 1.165) is 37.9 Å². The minimum atomic E-state index is -0.0567. The zero-order valence-corrected chi connectivity index (χ0v) is 21.2. The third kappa shape index (κ3) is 6.63. The lowest BCUT2D eigenvalue weighted by atomic mass is 10.0. The van der Waals surface area contributed by atoms with Gasteiger partial charge < -0.3 is 15.1 Å². The molecule has 0 spiro atoms. The number of rotatable bonds is 8. The van der Waals surface area contributed by atoms with E-state index in [1.165, 1.54) is 17.3 Å². The number of carbonyl (C=O) groups excluding carboxylic acids is 2. The number of piperazine rings is 1. The fourth-order valence-corrected chi connectivity index (χ4v) is 5.60. The molecular weight excluding hydrogens is 470 g/mol. The van der Waals surface area contributed by atoms with Gasteiger partial charge in [-0.1, -0.05) is 66.5 Å². The molecule has 0 radical (unpaired) electrons. The molecule has 1 aromatic heterocycles. The Balaban J connectivity index is 1.28. The second-order valence-corrected chi connectivity index (χ2v) is 10.3. The van der Waals surface area contributed by atoms with E-state index < -0.39 is 0 Å². The maximum Gasteiger partial charge on any atom is 0.230 e. The van der Waals surface area contributed by atoms with Crippen LogP contribution < -0.4 is 10.2 Å². The quantitative estimate of drug-likeness (QED) is 0.336. The van der Waals surface area contributed by atoms with Gasteiger partial charge in [0.25, 0.3) is 0 Å². The van der Waals surface area contributed by atoms with E-state index in [1.54, 1.807) is 6.07 Å². The summed E-state index contributed by atoms with van der Waals surface area (Å²) in [5.41, 5.74) is 1.19. The Morgan fingerprint density at radius 2 is 1.91 bits per heavy atom. The van der Waals surface area contributed by atoms with Crippen LogP contribution in [0.2, 0.25) is 5.15 Å². The molecule has 2 aliphatic rings. The van der Waals surface area contributed by atoms with Crippen LogP contribution in [-0.2, 0) is 16.0 Å². The van der Waals surface area contributed by atoms with Crippen LogP contribution >= 0.6 is 23.4 Å². The second kappa shape index (κ2) is 11.9.